The molecule has 5 nitrogen and oxygen atoms in total. The van der Waals surface area contributed by atoms with Crippen LogP contribution in [0.4, 0.5) is 22.7 Å². The van der Waals surface area contributed by atoms with E-state index in [2.05, 4.69) is 134 Å². The standard InChI is InChI=1S/C44H27N5/c1-46-31-17-21-34(22-18-31)49-42-14-8-6-12-38(42)40-28-36(24-26-44(40)49)47(32-9-3-2-4-10-32)35-23-25-43-39(27-35)37-11-5-7-13-41(37)48(43)33-19-15-30(29-45)16-20-33/h2-28H. The van der Waals surface area contributed by atoms with E-state index in [4.69, 9.17) is 6.57 Å². The first kappa shape index (κ1) is 28.2. The fourth-order valence-electron chi connectivity index (χ4n) is 7.14. The summed E-state index contributed by atoms with van der Waals surface area (Å²) < 4.78 is 4.55. The van der Waals surface area contributed by atoms with E-state index in [-0.39, 0.29) is 0 Å². The van der Waals surface area contributed by atoms with Crippen molar-refractivity contribution in [2.45, 2.75) is 0 Å². The number of hydrogen-bond donors (Lipinski definition) is 0. The van der Waals surface area contributed by atoms with Crippen LogP contribution in [-0.2, 0) is 0 Å². The Morgan fingerprint density at radius 3 is 1.45 bits per heavy atom. The Hall–Kier alpha value is -7.08. The average molecular weight is 626 g/mol. The molecular weight excluding hydrogens is 599 g/mol. The zero-order chi connectivity index (χ0) is 32.9. The van der Waals surface area contributed by atoms with Crippen LogP contribution in [0.1, 0.15) is 5.56 Å². The van der Waals surface area contributed by atoms with Gasteiger partial charge in [-0.25, -0.2) is 4.85 Å². The van der Waals surface area contributed by atoms with Crippen LogP contribution in [0.15, 0.2) is 164 Å². The van der Waals surface area contributed by atoms with Crippen LogP contribution in [0, 0.1) is 17.9 Å². The smallest absolute Gasteiger partial charge is 0.187 e. The van der Waals surface area contributed by atoms with E-state index in [1.54, 1.807) is 0 Å². The summed E-state index contributed by atoms with van der Waals surface area (Å²) in [6, 6.07) is 58.7. The molecule has 0 radical (unpaired) electrons. The topological polar surface area (TPSA) is 41.2 Å². The van der Waals surface area contributed by atoms with Gasteiger partial charge in [0.25, 0.3) is 0 Å². The highest BCUT2D eigenvalue weighted by Crippen LogP contribution is 2.42. The fraction of sp³-hybridized carbons (Fsp3) is 0. The summed E-state index contributed by atoms with van der Waals surface area (Å²) in [4.78, 5) is 5.91. The molecule has 0 N–H and O–H groups in total. The first-order chi connectivity index (χ1) is 24.2. The van der Waals surface area contributed by atoms with Crippen LogP contribution < -0.4 is 4.90 Å². The van der Waals surface area contributed by atoms with Crippen LogP contribution in [-0.4, -0.2) is 9.13 Å². The van der Waals surface area contributed by atoms with E-state index in [1.165, 1.54) is 10.8 Å². The van der Waals surface area contributed by atoms with Crippen molar-refractivity contribution in [3.8, 4) is 17.4 Å². The van der Waals surface area contributed by atoms with Crippen LogP contribution >= 0.6 is 0 Å². The molecule has 0 aliphatic carbocycles. The van der Waals surface area contributed by atoms with E-state index in [1.807, 2.05) is 54.6 Å². The first-order valence-corrected chi connectivity index (χ1v) is 16.1. The Balaban J connectivity index is 1.25. The van der Waals surface area contributed by atoms with Gasteiger partial charge in [-0.3, -0.25) is 0 Å². The molecule has 9 rings (SSSR count). The maximum Gasteiger partial charge on any atom is 0.187 e. The number of nitriles is 1. The van der Waals surface area contributed by atoms with Gasteiger partial charge in [-0.15, -0.1) is 0 Å². The third kappa shape index (κ3) is 4.53. The number of rotatable bonds is 5. The molecule has 2 heterocycles. The lowest BCUT2D eigenvalue weighted by Gasteiger charge is -2.26. The summed E-state index contributed by atoms with van der Waals surface area (Å²) in [5.74, 6) is 0. The maximum absolute atomic E-state index is 9.38. The van der Waals surface area contributed by atoms with E-state index in [0.717, 1.165) is 61.3 Å². The largest absolute Gasteiger partial charge is 0.310 e. The number of hydrogen-bond acceptors (Lipinski definition) is 2. The zero-order valence-corrected chi connectivity index (χ0v) is 26.3. The van der Waals surface area contributed by atoms with Crippen molar-refractivity contribution in [1.82, 2.24) is 9.13 Å². The molecule has 0 bridgehead atoms. The quantitative estimate of drug-likeness (QED) is 0.179. The number of aromatic nitrogens is 2. The predicted molar refractivity (Wildman–Crippen MR) is 201 cm³/mol. The van der Waals surface area contributed by atoms with Gasteiger partial charge < -0.3 is 14.0 Å². The van der Waals surface area contributed by atoms with Gasteiger partial charge in [-0.2, -0.15) is 5.26 Å². The zero-order valence-electron chi connectivity index (χ0n) is 26.3. The molecule has 5 heteroatoms. The maximum atomic E-state index is 9.38. The molecule has 228 valence electrons. The Bertz CT molecular complexity index is 2600. The highest BCUT2D eigenvalue weighted by molar-refractivity contribution is 6.12. The molecule has 0 aliphatic rings. The van der Waals surface area contributed by atoms with Crippen molar-refractivity contribution in [1.29, 1.82) is 5.26 Å². The average Bonchev–Trinajstić information content (AvgIpc) is 3.68. The van der Waals surface area contributed by atoms with E-state index in [0.29, 0.717) is 11.3 Å². The van der Waals surface area contributed by atoms with Gasteiger partial charge in [0.15, 0.2) is 5.69 Å². The lowest BCUT2D eigenvalue weighted by atomic mass is 10.1. The Kier molecular flexibility index (Phi) is 6.50. The summed E-state index contributed by atoms with van der Waals surface area (Å²) in [5, 5.41) is 14.0. The Morgan fingerprint density at radius 2 is 0.939 bits per heavy atom. The molecular formula is C44H27N5. The predicted octanol–water partition coefficient (Wildman–Crippen LogP) is 11.8. The minimum Gasteiger partial charge on any atom is -0.310 e. The van der Waals surface area contributed by atoms with Crippen LogP contribution in [0.25, 0.3) is 59.8 Å². The second-order valence-corrected chi connectivity index (χ2v) is 12.1. The van der Waals surface area contributed by atoms with Gasteiger partial charge in [0.2, 0.25) is 0 Å². The first-order valence-electron chi connectivity index (χ1n) is 16.1. The van der Waals surface area contributed by atoms with Crippen LogP contribution in [0.2, 0.25) is 0 Å². The molecule has 0 atom stereocenters. The number of anilines is 3. The molecule has 49 heavy (non-hydrogen) atoms. The lowest BCUT2D eigenvalue weighted by molar-refractivity contribution is 1.18. The highest BCUT2D eigenvalue weighted by Gasteiger charge is 2.19. The van der Waals surface area contributed by atoms with Crippen molar-refractivity contribution in [2.24, 2.45) is 0 Å². The summed E-state index contributed by atoms with van der Waals surface area (Å²) in [6.45, 7) is 7.40. The molecule has 2 aromatic heterocycles. The van der Waals surface area contributed by atoms with Crippen LogP contribution in [0.5, 0.6) is 0 Å². The SMILES string of the molecule is [C-]#[N+]c1ccc(-n2c3ccccc3c3cc(N(c4ccccc4)c4ccc5c(c4)c4ccccc4n5-c4ccc(C#N)cc4)ccc32)cc1. The molecule has 0 spiro atoms. The summed E-state index contributed by atoms with van der Waals surface area (Å²) in [5.41, 5.74) is 10.9. The molecule has 7 aromatic carbocycles. The summed E-state index contributed by atoms with van der Waals surface area (Å²) >= 11 is 0. The molecule has 9 aromatic rings. The highest BCUT2D eigenvalue weighted by atomic mass is 15.1. The van der Waals surface area contributed by atoms with E-state index in [9.17, 15) is 5.26 Å². The molecule has 0 saturated carbocycles. The van der Waals surface area contributed by atoms with Gasteiger partial charge in [0.05, 0.1) is 40.3 Å². The normalized spacial score (nSPS) is 11.2. The minimum absolute atomic E-state index is 0.627. The van der Waals surface area contributed by atoms with Gasteiger partial charge in [0, 0.05) is 50.0 Å². The molecule has 0 aliphatic heterocycles. The van der Waals surface area contributed by atoms with Gasteiger partial charge in [-0.05, 0) is 97.1 Å². The molecule has 0 amide bonds. The number of fused-ring (bicyclic) bond motifs is 6. The fourth-order valence-corrected chi connectivity index (χ4v) is 7.14. The summed E-state index contributed by atoms with van der Waals surface area (Å²) in [7, 11) is 0. The van der Waals surface area contributed by atoms with Crippen LogP contribution in [0.3, 0.4) is 0 Å². The van der Waals surface area contributed by atoms with Crippen molar-refractivity contribution in [2.75, 3.05) is 4.90 Å². The van der Waals surface area contributed by atoms with Crippen molar-refractivity contribution < 1.29 is 0 Å². The Morgan fingerprint density at radius 1 is 0.469 bits per heavy atom. The minimum atomic E-state index is 0.627. The van der Waals surface area contributed by atoms with Gasteiger partial charge in [0.1, 0.15) is 0 Å². The van der Waals surface area contributed by atoms with Crippen molar-refractivity contribution in [3.05, 3.63) is 181 Å². The monoisotopic (exact) mass is 625 g/mol. The van der Waals surface area contributed by atoms with Gasteiger partial charge >= 0.3 is 0 Å². The van der Waals surface area contributed by atoms with Crippen molar-refractivity contribution in [3.63, 3.8) is 0 Å². The number of para-hydroxylation sites is 3. The number of nitrogens with zero attached hydrogens (tertiary/aromatic N) is 5. The second kappa shape index (κ2) is 11.3. The third-order valence-electron chi connectivity index (χ3n) is 9.33. The lowest BCUT2D eigenvalue weighted by Crippen LogP contribution is -2.09. The second-order valence-electron chi connectivity index (χ2n) is 12.1. The third-order valence-corrected chi connectivity index (χ3v) is 9.33. The summed E-state index contributed by atoms with van der Waals surface area (Å²) in [6.07, 6.45) is 0. The molecule has 0 saturated heterocycles. The van der Waals surface area contributed by atoms with Gasteiger partial charge in [-0.1, -0.05) is 66.7 Å². The van der Waals surface area contributed by atoms with E-state index >= 15 is 0 Å². The molecule has 0 fully saturated rings. The van der Waals surface area contributed by atoms with Crippen molar-refractivity contribution >= 4 is 66.4 Å². The number of benzene rings is 7. The molecule has 0 unspecified atom stereocenters. The Labute approximate surface area is 283 Å². The van der Waals surface area contributed by atoms with E-state index < -0.39 is 0 Å².